The van der Waals surface area contributed by atoms with Crippen LogP contribution >= 0.6 is 39.1 Å². The topological polar surface area (TPSA) is 32.3 Å². The van der Waals surface area contributed by atoms with Gasteiger partial charge in [0.2, 0.25) is 0 Å². The maximum absolute atomic E-state index is 13.5. The molecular weight excluding hydrogens is 380 g/mol. The molecule has 0 aliphatic heterocycles. The number of halogens is 4. The molecule has 0 amide bonds. The molecule has 0 bridgehead atoms. The van der Waals surface area contributed by atoms with Gasteiger partial charge in [0, 0.05) is 27.8 Å². The summed E-state index contributed by atoms with van der Waals surface area (Å²) in [6, 6.07) is 7.96. The third-order valence-corrected chi connectivity index (χ3v) is 4.26. The summed E-state index contributed by atoms with van der Waals surface area (Å²) in [5.41, 5.74) is 2.02. The third-order valence-electron chi connectivity index (χ3n) is 3.07. The molecule has 21 heavy (non-hydrogen) atoms. The van der Waals surface area contributed by atoms with Crippen LogP contribution in [0.2, 0.25) is 10.0 Å². The Morgan fingerprint density at radius 2 is 2.00 bits per heavy atom. The van der Waals surface area contributed by atoms with Crippen molar-refractivity contribution in [3.8, 4) is 0 Å². The van der Waals surface area contributed by atoms with Gasteiger partial charge in [0.25, 0.3) is 0 Å². The normalized spacial score (nSPS) is 12.3. The Bertz CT molecular complexity index is 666. The standard InChI is InChI=1S/C15H13BrCl2FNO/c1-8-4-11(16)13(19)6-14(8)20-7-15(21)10-5-9(17)2-3-12(10)18/h2-6,15,20-21H,7H2,1H3. The van der Waals surface area contributed by atoms with E-state index in [1.807, 2.05) is 6.92 Å². The number of anilines is 1. The van der Waals surface area contributed by atoms with Gasteiger partial charge in [-0.05, 0) is 58.7 Å². The van der Waals surface area contributed by atoms with Gasteiger partial charge in [-0.1, -0.05) is 23.2 Å². The summed E-state index contributed by atoms with van der Waals surface area (Å²) in [7, 11) is 0. The predicted octanol–water partition coefficient (Wildman–Crippen LogP) is 5.35. The van der Waals surface area contributed by atoms with Crippen LogP contribution in [0, 0.1) is 12.7 Å². The fourth-order valence-electron chi connectivity index (χ4n) is 1.92. The van der Waals surface area contributed by atoms with Crippen molar-refractivity contribution in [1.82, 2.24) is 0 Å². The van der Waals surface area contributed by atoms with Gasteiger partial charge < -0.3 is 10.4 Å². The molecule has 2 nitrogen and oxygen atoms in total. The molecular formula is C15H13BrCl2FNO. The quantitative estimate of drug-likeness (QED) is 0.735. The van der Waals surface area contributed by atoms with Crippen molar-refractivity contribution in [2.75, 3.05) is 11.9 Å². The molecule has 2 rings (SSSR count). The van der Waals surface area contributed by atoms with Crippen LogP contribution < -0.4 is 5.32 Å². The van der Waals surface area contributed by atoms with Crippen molar-refractivity contribution in [3.63, 3.8) is 0 Å². The zero-order chi connectivity index (χ0) is 15.6. The molecule has 0 fully saturated rings. The summed E-state index contributed by atoms with van der Waals surface area (Å²) >= 11 is 15.1. The predicted molar refractivity (Wildman–Crippen MR) is 88.7 cm³/mol. The van der Waals surface area contributed by atoms with Crippen LogP contribution in [-0.2, 0) is 0 Å². The molecule has 2 aromatic carbocycles. The van der Waals surface area contributed by atoms with E-state index >= 15 is 0 Å². The number of rotatable bonds is 4. The van der Waals surface area contributed by atoms with Gasteiger partial charge in [-0.25, -0.2) is 4.39 Å². The Hall–Kier alpha value is -0.810. The highest BCUT2D eigenvalue weighted by Crippen LogP contribution is 2.28. The number of nitrogens with one attached hydrogen (secondary N) is 1. The minimum atomic E-state index is -0.845. The van der Waals surface area contributed by atoms with Gasteiger partial charge in [0.1, 0.15) is 5.82 Å². The SMILES string of the molecule is Cc1cc(Br)c(F)cc1NCC(O)c1cc(Cl)ccc1Cl. The first kappa shape index (κ1) is 16.6. The van der Waals surface area contributed by atoms with Gasteiger partial charge in [0.05, 0.1) is 10.6 Å². The molecule has 2 N–H and O–H groups in total. The summed E-state index contributed by atoms with van der Waals surface area (Å²) < 4.78 is 13.9. The molecule has 0 aromatic heterocycles. The molecule has 0 spiro atoms. The second kappa shape index (κ2) is 6.97. The lowest BCUT2D eigenvalue weighted by Crippen LogP contribution is -2.13. The molecule has 0 heterocycles. The number of aliphatic hydroxyl groups is 1. The first-order valence-electron chi connectivity index (χ1n) is 6.21. The minimum absolute atomic E-state index is 0.196. The van der Waals surface area contributed by atoms with Crippen molar-refractivity contribution < 1.29 is 9.50 Å². The summed E-state index contributed by atoms with van der Waals surface area (Å²) in [5, 5.41) is 14.1. The van der Waals surface area contributed by atoms with E-state index in [1.165, 1.54) is 6.07 Å². The molecule has 0 saturated heterocycles. The number of hydrogen-bond acceptors (Lipinski definition) is 2. The van der Waals surface area contributed by atoms with Crippen molar-refractivity contribution in [1.29, 1.82) is 0 Å². The molecule has 112 valence electrons. The first-order chi connectivity index (χ1) is 9.88. The molecule has 0 radical (unpaired) electrons. The Labute approximate surface area is 141 Å². The molecule has 1 unspecified atom stereocenters. The summed E-state index contributed by atoms with van der Waals surface area (Å²) in [4.78, 5) is 0. The maximum Gasteiger partial charge on any atom is 0.139 e. The van der Waals surface area contributed by atoms with Gasteiger partial charge in [0.15, 0.2) is 0 Å². The average Bonchev–Trinajstić information content (AvgIpc) is 2.43. The number of hydrogen-bond donors (Lipinski definition) is 2. The zero-order valence-electron chi connectivity index (χ0n) is 11.1. The fraction of sp³-hybridized carbons (Fsp3) is 0.200. The lowest BCUT2D eigenvalue weighted by molar-refractivity contribution is 0.191. The highest BCUT2D eigenvalue weighted by molar-refractivity contribution is 9.10. The van der Waals surface area contributed by atoms with Crippen LogP contribution in [0.3, 0.4) is 0 Å². The first-order valence-corrected chi connectivity index (χ1v) is 7.76. The second-order valence-electron chi connectivity index (χ2n) is 4.64. The lowest BCUT2D eigenvalue weighted by atomic mass is 10.1. The van der Waals surface area contributed by atoms with Gasteiger partial charge in [-0.15, -0.1) is 0 Å². The Morgan fingerprint density at radius 3 is 2.71 bits per heavy atom. The van der Waals surface area contributed by atoms with Gasteiger partial charge in [-0.3, -0.25) is 0 Å². The Balaban J connectivity index is 2.12. The molecule has 0 aliphatic carbocycles. The highest BCUT2D eigenvalue weighted by Gasteiger charge is 2.13. The summed E-state index contributed by atoms with van der Waals surface area (Å²) in [5.74, 6) is -0.363. The molecule has 0 saturated carbocycles. The molecule has 0 aliphatic rings. The number of benzene rings is 2. The van der Waals surface area contributed by atoms with Gasteiger partial charge >= 0.3 is 0 Å². The fourth-order valence-corrected chi connectivity index (χ4v) is 2.81. The number of aliphatic hydroxyl groups excluding tert-OH is 1. The monoisotopic (exact) mass is 391 g/mol. The third kappa shape index (κ3) is 4.10. The Morgan fingerprint density at radius 1 is 1.29 bits per heavy atom. The van der Waals surface area contributed by atoms with Gasteiger partial charge in [-0.2, -0.15) is 0 Å². The van der Waals surface area contributed by atoms with Crippen LogP contribution in [0.25, 0.3) is 0 Å². The van der Waals surface area contributed by atoms with E-state index in [0.717, 1.165) is 5.56 Å². The molecule has 2 aromatic rings. The largest absolute Gasteiger partial charge is 0.387 e. The molecule has 1 atom stereocenters. The van der Waals surface area contributed by atoms with E-state index in [9.17, 15) is 9.50 Å². The zero-order valence-corrected chi connectivity index (χ0v) is 14.2. The van der Waals surface area contributed by atoms with E-state index in [4.69, 9.17) is 23.2 Å². The Kier molecular flexibility index (Phi) is 5.49. The summed E-state index contributed by atoms with van der Waals surface area (Å²) in [6.45, 7) is 2.05. The average molecular weight is 393 g/mol. The van der Waals surface area contributed by atoms with E-state index in [-0.39, 0.29) is 12.4 Å². The van der Waals surface area contributed by atoms with Crippen molar-refractivity contribution in [2.45, 2.75) is 13.0 Å². The van der Waals surface area contributed by atoms with Crippen molar-refractivity contribution in [3.05, 3.63) is 61.8 Å². The van der Waals surface area contributed by atoms with Crippen LogP contribution in [-0.4, -0.2) is 11.7 Å². The van der Waals surface area contributed by atoms with E-state index in [2.05, 4.69) is 21.2 Å². The number of aryl methyl sites for hydroxylation is 1. The lowest BCUT2D eigenvalue weighted by Gasteiger charge is -2.16. The van der Waals surface area contributed by atoms with Crippen LogP contribution in [0.1, 0.15) is 17.2 Å². The van der Waals surface area contributed by atoms with Crippen LogP contribution in [0.4, 0.5) is 10.1 Å². The van der Waals surface area contributed by atoms with Crippen molar-refractivity contribution in [2.24, 2.45) is 0 Å². The maximum atomic E-state index is 13.5. The minimum Gasteiger partial charge on any atom is -0.387 e. The van der Waals surface area contributed by atoms with E-state index in [1.54, 1.807) is 24.3 Å². The van der Waals surface area contributed by atoms with Crippen LogP contribution in [0.15, 0.2) is 34.8 Å². The summed E-state index contributed by atoms with van der Waals surface area (Å²) in [6.07, 6.45) is -0.845. The second-order valence-corrected chi connectivity index (χ2v) is 6.34. The smallest absolute Gasteiger partial charge is 0.139 e. The van der Waals surface area contributed by atoms with E-state index in [0.29, 0.717) is 25.8 Å². The molecule has 6 heteroatoms. The van der Waals surface area contributed by atoms with Crippen molar-refractivity contribution >= 4 is 44.8 Å². The highest BCUT2D eigenvalue weighted by atomic mass is 79.9. The van der Waals surface area contributed by atoms with E-state index < -0.39 is 6.10 Å². The van der Waals surface area contributed by atoms with Crippen LogP contribution in [0.5, 0.6) is 0 Å².